The SMILES string of the molecule is C=CCOc1c(CN[C@@H](CC)CO)cccc1OCC. The van der Waals surface area contributed by atoms with Gasteiger partial charge in [0, 0.05) is 18.2 Å². The zero-order valence-corrected chi connectivity index (χ0v) is 12.4. The molecule has 20 heavy (non-hydrogen) atoms. The highest BCUT2D eigenvalue weighted by Crippen LogP contribution is 2.31. The van der Waals surface area contributed by atoms with Crippen LogP contribution in [0.15, 0.2) is 30.9 Å². The summed E-state index contributed by atoms with van der Waals surface area (Å²) in [5.74, 6) is 1.49. The van der Waals surface area contributed by atoms with Crippen LogP contribution in [0.5, 0.6) is 11.5 Å². The molecule has 1 atom stereocenters. The van der Waals surface area contributed by atoms with Crippen LogP contribution >= 0.6 is 0 Å². The summed E-state index contributed by atoms with van der Waals surface area (Å²) in [6.07, 6.45) is 2.59. The topological polar surface area (TPSA) is 50.7 Å². The van der Waals surface area contributed by atoms with Crippen LogP contribution in [0.2, 0.25) is 0 Å². The Bertz CT molecular complexity index is 403. The molecule has 0 bridgehead atoms. The van der Waals surface area contributed by atoms with Crippen LogP contribution in [0.25, 0.3) is 0 Å². The summed E-state index contributed by atoms with van der Waals surface area (Å²) in [6.45, 7) is 9.45. The van der Waals surface area contributed by atoms with E-state index in [0.717, 1.165) is 23.5 Å². The van der Waals surface area contributed by atoms with Gasteiger partial charge in [0.2, 0.25) is 0 Å². The molecular formula is C16H25NO3. The Morgan fingerprint density at radius 1 is 1.35 bits per heavy atom. The summed E-state index contributed by atoms with van der Waals surface area (Å²) in [5, 5.41) is 12.5. The molecule has 2 N–H and O–H groups in total. The second-order valence-electron chi connectivity index (χ2n) is 4.45. The van der Waals surface area contributed by atoms with Crippen molar-refractivity contribution in [3.8, 4) is 11.5 Å². The third-order valence-electron chi connectivity index (χ3n) is 3.00. The molecule has 1 aromatic rings. The Labute approximate surface area is 121 Å². The van der Waals surface area contributed by atoms with Crippen molar-refractivity contribution in [1.29, 1.82) is 0 Å². The molecule has 0 aliphatic heterocycles. The summed E-state index contributed by atoms with van der Waals surface area (Å²) < 4.78 is 11.3. The first kappa shape index (κ1) is 16.5. The summed E-state index contributed by atoms with van der Waals surface area (Å²) in [6, 6.07) is 5.94. The van der Waals surface area contributed by atoms with E-state index in [1.165, 1.54) is 0 Å². The van der Waals surface area contributed by atoms with Crippen molar-refractivity contribution in [2.24, 2.45) is 0 Å². The van der Waals surface area contributed by atoms with Gasteiger partial charge in [0.05, 0.1) is 13.2 Å². The lowest BCUT2D eigenvalue weighted by molar-refractivity contribution is 0.237. The lowest BCUT2D eigenvalue weighted by Gasteiger charge is -2.18. The van der Waals surface area contributed by atoms with Gasteiger partial charge in [-0.1, -0.05) is 31.7 Å². The highest BCUT2D eigenvalue weighted by atomic mass is 16.5. The number of hydrogen-bond donors (Lipinski definition) is 2. The molecule has 0 aliphatic rings. The Balaban J connectivity index is 2.86. The Morgan fingerprint density at radius 3 is 2.75 bits per heavy atom. The van der Waals surface area contributed by atoms with E-state index in [-0.39, 0.29) is 12.6 Å². The third-order valence-corrected chi connectivity index (χ3v) is 3.00. The standard InChI is InChI=1S/C16H25NO3/c1-4-10-20-16-13(11-17-14(5-2)12-18)8-7-9-15(16)19-6-3/h4,7-9,14,17-18H,1,5-6,10-12H2,2-3H3/t14-/m0/s1. The van der Waals surface area contributed by atoms with Crippen LogP contribution < -0.4 is 14.8 Å². The first-order valence-electron chi connectivity index (χ1n) is 7.09. The van der Waals surface area contributed by atoms with Gasteiger partial charge in [0.15, 0.2) is 11.5 Å². The average molecular weight is 279 g/mol. The Morgan fingerprint density at radius 2 is 2.15 bits per heavy atom. The first-order valence-corrected chi connectivity index (χ1v) is 7.09. The van der Waals surface area contributed by atoms with Gasteiger partial charge in [-0.2, -0.15) is 0 Å². The molecular weight excluding hydrogens is 254 g/mol. The molecule has 0 saturated heterocycles. The highest BCUT2D eigenvalue weighted by Gasteiger charge is 2.12. The van der Waals surface area contributed by atoms with Crippen molar-refractivity contribution < 1.29 is 14.6 Å². The van der Waals surface area contributed by atoms with Gasteiger partial charge in [-0.25, -0.2) is 0 Å². The average Bonchev–Trinajstić information content (AvgIpc) is 2.47. The summed E-state index contributed by atoms with van der Waals surface area (Å²) in [7, 11) is 0. The van der Waals surface area contributed by atoms with Gasteiger partial charge in [0.1, 0.15) is 6.61 Å². The van der Waals surface area contributed by atoms with E-state index in [0.29, 0.717) is 19.8 Å². The molecule has 4 heteroatoms. The van der Waals surface area contributed by atoms with Gasteiger partial charge < -0.3 is 19.9 Å². The molecule has 0 radical (unpaired) electrons. The predicted molar refractivity (Wildman–Crippen MR) is 81.3 cm³/mol. The van der Waals surface area contributed by atoms with Gasteiger partial charge >= 0.3 is 0 Å². The molecule has 0 saturated carbocycles. The summed E-state index contributed by atoms with van der Waals surface area (Å²) >= 11 is 0. The minimum Gasteiger partial charge on any atom is -0.490 e. The number of nitrogens with one attached hydrogen (secondary N) is 1. The van der Waals surface area contributed by atoms with Crippen molar-refractivity contribution in [3.05, 3.63) is 36.4 Å². The van der Waals surface area contributed by atoms with Crippen molar-refractivity contribution in [2.45, 2.75) is 32.9 Å². The molecule has 0 heterocycles. The van der Waals surface area contributed by atoms with Crippen LogP contribution in [0.4, 0.5) is 0 Å². The molecule has 0 aliphatic carbocycles. The molecule has 1 rings (SSSR count). The monoisotopic (exact) mass is 279 g/mol. The van der Waals surface area contributed by atoms with Crippen LogP contribution in [-0.4, -0.2) is 31.0 Å². The molecule has 0 unspecified atom stereocenters. The van der Waals surface area contributed by atoms with Crippen molar-refractivity contribution in [3.63, 3.8) is 0 Å². The minimum absolute atomic E-state index is 0.0954. The fourth-order valence-electron chi connectivity index (χ4n) is 1.87. The second-order valence-corrected chi connectivity index (χ2v) is 4.45. The fourth-order valence-corrected chi connectivity index (χ4v) is 1.87. The van der Waals surface area contributed by atoms with Crippen molar-refractivity contribution in [2.75, 3.05) is 19.8 Å². The summed E-state index contributed by atoms with van der Waals surface area (Å²) in [4.78, 5) is 0. The zero-order valence-electron chi connectivity index (χ0n) is 12.4. The number of para-hydroxylation sites is 1. The molecule has 0 fully saturated rings. The number of ether oxygens (including phenoxy) is 2. The molecule has 4 nitrogen and oxygen atoms in total. The molecule has 0 aromatic heterocycles. The maximum Gasteiger partial charge on any atom is 0.166 e. The van der Waals surface area contributed by atoms with E-state index < -0.39 is 0 Å². The van der Waals surface area contributed by atoms with E-state index in [1.807, 2.05) is 32.0 Å². The highest BCUT2D eigenvalue weighted by molar-refractivity contribution is 5.46. The lowest BCUT2D eigenvalue weighted by Crippen LogP contribution is -2.31. The van der Waals surface area contributed by atoms with Crippen LogP contribution in [0.1, 0.15) is 25.8 Å². The van der Waals surface area contributed by atoms with E-state index in [9.17, 15) is 5.11 Å². The van der Waals surface area contributed by atoms with Gasteiger partial charge in [-0.15, -0.1) is 0 Å². The third kappa shape index (κ3) is 4.87. The van der Waals surface area contributed by atoms with E-state index >= 15 is 0 Å². The van der Waals surface area contributed by atoms with Crippen LogP contribution in [0.3, 0.4) is 0 Å². The Hall–Kier alpha value is -1.52. The number of benzene rings is 1. The maximum absolute atomic E-state index is 9.22. The van der Waals surface area contributed by atoms with Crippen molar-refractivity contribution in [1.82, 2.24) is 5.32 Å². The molecule has 0 spiro atoms. The molecule has 112 valence electrons. The van der Waals surface area contributed by atoms with E-state index in [4.69, 9.17) is 9.47 Å². The van der Waals surface area contributed by atoms with Crippen molar-refractivity contribution >= 4 is 0 Å². The Kier molecular flexibility index (Phi) is 7.77. The quantitative estimate of drug-likeness (QED) is 0.646. The number of hydrogen-bond acceptors (Lipinski definition) is 4. The van der Waals surface area contributed by atoms with Gasteiger partial charge in [0.25, 0.3) is 0 Å². The summed E-state index contributed by atoms with van der Waals surface area (Å²) in [5.41, 5.74) is 1.02. The van der Waals surface area contributed by atoms with Crippen LogP contribution in [-0.2, 0) is 6.54 Å². The van der Waals surface area contributed by atoms with E-state index in [2.05, 4.69) is 11.9 Å². The zero-order chi connectivity index (χ0) is 14.8. The predicted octanol–water partition coefficient (Wildman–Crippen LogP) is 2.51. The number of aliphatic hydroxyl groups is 1. The normalized spacial score (nSPS) is 11.9. The number of aliphatic hydroxyl groups excluding tert-OH is 1. The second kappa shape index (κ2) is 9.39. The van der Waals surface area contributed by atoms with Crippen LogP contribution in [0, 0.1) is 0 Å². The minimum atomic E-state index is 0.0954. The number of rotatable bonds is 10. The molecule has 0 amide bonds. The maximum atomic E-state index is 9.22. The van der Waals surface area contributed by atoms with E-state index in [1.54, 1.807) is 6.08 Å². The van der Waals surface area contributed by atoms with Gasteiger partial charge in [-0.05, 0) is 19.4 Å². The first-order chi connectivity index (χ1) is 9.76. The largest absolute Gasteiger partial charge is 0.490 e. The van der Waals surface area contributed by atoms with Gasteiger partial charge in [-0.3, -0.25) is 0 Å². The molecule has 1 aromatic carbocycles. The smallest absolute Gasteiger partial charge is 0.166 e. The lowest BCUT2D eigenvalue weighted by atomic mass is 10.1. The fraction of sp³-hybridized carbons (Fsp3) is 0.500.